The minimum atomic E-state index is 0.121. The van der Waals surface area contributed by atoms with Crippen molar-refractivity contribution < 1.29 is 0 Å². The maximum absolute atomic E-state index is 12.6. The third kappa shape index (κ3) is 3.61. The smallest absolute Gasteiger partial charge is 0.255 e. The Bertz CT molecular complexity index is 641. The number of nitrogens with zero attached hydrogens (tertiary/aromatic N) is 1. The molecule has 1 heterocycles. The van der Waals surface area contributed by atoms with Crippen LogP contribution in [0.2, 0.25) is 0 Å². The van der Waals surface area contributed by atoms with Crippen LogP contribution in [0, 0.1) is 6.92 Å². The van der Waals surface area contributed by atoms with Gasteiger partial charge < -0.3 is 9.88 Å². The van der Waals surface area contributed by atoms with Crippen molar-refractivity contribution in [3.05, 3.63) is 57.9 Å². The second-order valence-corrected chi connectivity index (χ2v) is 5.45. The summed E-state index contributed by atoms with van der Waals surface area (Å²) < 4.78 is 1.92. The van der Waals surface area contributed by atoms with Crippen LogP contribution in [0.15, 0.2) is 41.2 Å². The molecule has 0 saturated heterocycles. The summed E-state index contributed by atoms with van der Waals surface area (Å²) in [6.07, 6.45) is 2.10. The van der Waals surface area contributed by atoms with Gasteiger partial charge in [-0.3, -0.25) is 4.79 Å². The van der Waals surface area contributed by atoms with Crippen molar-refractivity contribution in [1.29, 1.82) is 0 Å². The summed E-state index contributed by atoms with van der Waals surface area (Å²) in [5.74, 6) is 0. The van der Waals surface area contributed by atoms with Crippen LogP contribution in [0.25, 0.3) is 11.3 Å². The van der Waals surface area contributed by atoms with E-state index in [1.165, 1.54) is 5.56 Å². The third-order valence-corrected chi connectivity index (χ3v) is 3.70. The van der Waals surface area contributed by atoms with Crippen molar-refractivity contribution in [3.63, 3.8) is 0 Å². The molecule has 3 heteroatoms. The van der Waals surface area contributed by atoms with Crippen molar-refractivity contribution in [2.45, 2.75) is 39.8 Å². The highest BCUT2D eigenvalue weighted by Gasteiger charge is 2.09. The molecule has 1 aromatic heterocycles. The predicted octanol–water partition coefficient (Wildman–Crippen LogP) is 3.34. The van der Waals surface area contributed by atoms with E-state index in [1.54, 1.807) is 0 Å². The molecule has 2 rings (SSSR count). The number of unbranched alkanes of at least 4 members (excludes halogenated alkanes) is 1. The van der Waals surface area contributed by atoms with E-state index in [0.29, 0.717) is 6.54 Å². The van der Waals surface area contributed by atoms with Gasteiger partial charge in [-0.05, 0) is 32.0 Å². The van der Waals surface area contributed by atoms with Crippen molar-refractivity contribution in [3.8, 4) is 11.3 Å². The van der Waals surface area contributed by atoms with Gasteiger partial charge in [0.25, 0.3) is 5.56 Å². The first-order valence-corrected chi connectivity index (χ1v) is 7.61. The van der Waals surface area contributed by atoms with Gasteiger partial charge >= 0.3 is 0 Å². The summed E-state index contributed by atoms with van der Waals surface area (Å²) in [7, 11) is 1.86. The van der Waals surface area contributed by atoms with Gasteiger partial charge in [0.1, 0.15) is 0 Å². The zero-order chi connectivity index (χ0) is 15.2. The van der Waals surface area contributed by atoms with Gasteiger partial charge in [-0.2, -0.15) is 0 Å². The number of benzene rings is 1. The maximum atomic E-state index is 12.6. The molecule has 0 saturated carbocycles. The minimum absolute atomic E-state index is 0.121. The van der Waals surface area contributed by atoms with E-state index in [0.717, 1.165) is 36.2 Å². The van der Waals surface area contributed by atoms with Crippen LogP contribution < -0.4 is 10.9 Å². The van der Waals surface area contributed by atoms with Crippen LogP contribution >= 0.6 is 0 Å². The lowest BCUT2D eigenvalue weighted by molar-refractivity contribution is 0.610. The molecule has 0 aliphatic heterocycles. The molecule has 0 bridgehead atoms. The van der Waals surface area contributed by atoms with Crippen LogP contribution in [0.5, 0.6) is 0 Å². The Kier molecular flexibility index (Phi) is 5.34. The maximum Gasteiger partial charge on any atom is 0.255 e. The Labute approximate surface area is 126 Å². The first kappa shape index (κ1) is 15.5. The monoisotopic (exact) mass is 284 g/mol. The van der Waals surface area contributed by atoms with E-state index >= 15 is 0 Å². The Morgan fingerprint density at radius 1 is 1.10 bits per heavy atom. The molecule has 2 aromatic rings. The van der Waals surface area contributed by atoms with Crippen LogP contribution in [-0.2, 0) is 13.1 Å². The molecule has 0 unspecified atom stereocenters. The van der Waals surface area contributed by atoms with E-state index in [4.69, 9.17) is 0 Å². The van der Waals surface area contributed by atoms with E-state index in [9.17, 15) is 4.79 Å². The topological polar surface area (TPSA) is 34.0 Å². The molecule has 0 radical (unpaired) electrons. The molecule has 1 aromatic carbocycles. The normalized spacial score (nSPS) is 10.8. The fourth-order valence-corrected chi connectivity index (χ4v) is 2.46. The molecule has 0 aliphatic carbocycles. The van der Waals surface area contributed by atoms with Crippen LogP contribution in [0.3, 0.4) is 0 Å². The highest BCUT2D eigenvalue weighted by Crippen LogP contribution is 2.19. The lowest BCUT2D eigenvalue weighted by atomic mass is 10.1. The number of aryl methyl sites for hydroxylation is 1. The largest absolute Gasteiger partial charge is 0.315 e. The summed E-state index contributed by atoms with van der Waals surface area (Å²) in [5.41, 5.74) is 4.28. The Balaban J connectivity index is 2.51. The molecule has 0 amide bonds. The predicted molar refractivity (Wildman–Crippen MR) is 88.5 cm³/mol. The number of nitrogens with one attached hydrogen (secondary N) is 1. The summed E-state index contributed by atoms with van der Waals surface area (Å²) in [4.78, 5) is 12.6. The SMILES string of the molecule is CCCCn1c(-c2ccc(C)cc2)ccc(CNC)c1=O. The van der Waals surface area contributed by atoms with Crippen molar-refractivity contribution in [2.24, 2.45) is 0 Å². The molecule has 21 heavy (non-hydrogen) atoms. The van der Waals surface area contributed by atoms with E-state index in [-0.39, 0.29) is 5.56 Å². The zero-order valence-corrected chi connectivity index (χ0v) is 13.1. The summed E-state index contributed by atoms with van der Waals surface area (Å²) in [6.45, 7) is 5.60. The number of pyridine rings is 1. The number of hydrogen-bond donors (Lipinski definition) is 1. The molecule has 0 fully saturated rings. The second kappa shape index (κ2) is 7.23. The molecule has 112 valence electrons. The fourth-order valence-electron chi connectivity index (χ4n) is 2.46. The zero-order valence-electron chi connectivity index (χ0n) is 13.1. The lowest BCUT2D eigenvalue weighted by Gasteiger charge is -2.15. The summed E-state index contributed by atoms with van der Waals surface area (Å²) in [5, 5.41) is 3.06. The molecule has 0 aliphatic rings. The van der Waals surface area contributed by atoms with Gasteiger partial charge in [-0.25, -0.2) is 0 Å². The van der Waals surface area contributed by atoms with Gasteiger partial charge in [-0.15, -0.1) is 0 Å². The Hall–Kier alpha value is -1.87. The van der Waals surface area contributed by atoms with Crippen LogP contribution in [0.1, 0.15) is 30.9 Å². The molecule has 0 atom stereocenters. The number of rotatable bonds is 6. The van der Waals surface area contributed by atoms with Crippen molar-refractivity contribution in [2.75, 3.05) is 7.05 Å². The van der Waals surface area contributed by atoms with Gasteiger partial charge in [0.15, 0.2) is 0 Å². The number of aromatic nitrogens is 1. The van der Waals surface area contributed by atoms with Gasteiger partial charge in [0.2, 0.25) is 0 Å². The van der Waals surface area contributed by atoms with Gasteiger partial charge in [-0.1, -0.05) is 49.2 Å². The Morgan fingerprint density at radius 3 is 2.43 bits per heavy atom. The highest BCUT2D eigenvalue weighted by molar-refractivity contribution is 5.60. The molecule has 3 nitrogen and oxygen atoms in total. The first-order chi connectivity index (χ1) is 10.2. The van der Waals surface area contributed by atoms with Gasteiger partial charge in [0.05, 0.1) is 5.69 Å². The average molecular weight is 284 g/mol. The minimum Gasteiger partial charge on any atom is -0.315 e. The Morgan fingerprint density at radius 2 is 1.81 bits per heavy atom. The van der Waals surface area contributed by atoms with E-state index in [2.05, 4.69) is 49.5 Å². The van der Waals surface area contributed by atoms with Crippen LogP contribution in [-0.4, -0.2) is 11.6 Å². The first-order valence-electron chi connectivity index (χ1n) is 7.61. The number of hydrogen-bond acceptors (Lipinski definition) is 2. The highest BCUT2D eigenvalue weighted by atomic mass is 16.1. The summed E-state index contributed by atoms with van der Waals surface area (Å²) >= 11 is 0. The molecular weight excluding hydrogens is 260 g/mol. The van der Waals surface area contributed by atoms with E-state index in [1.807, 2.05) is 17.7 Å². The van der Waals surface area contributed by atoms with Crippen LogP contribution in [0.4, 0.5) is 0 Å². The molecule has 1 N–H and O–H groups in total. The molecular formula is C18H24N2O. The van der Waals surface area contributed by atoms with Crippen molar-refractivity contribution in [1.82, 2.24) is 9.88 Å². The summed E-state index contributed by atoms with van der Waals surface area (Å²) in [6, 6.07) is 12.4. The van der Waals surface area contributed by atoms with Gasteiger partial charge in [0, 0.05) is 18.7 Å². The average Bonchev–Trinajstić information content (AvgIpc) is 2.49. The fraction of sp³-hybridized carbons (Fsp3) is 0.389. The second-order valence-electron chi connectivity index (χ2n) is 5.45. The quantitative estimate of drug-likeness (QED) is 0.882. The third-order valence-electron chi connectivity index (χ3n) is 3.70. The molecule has 0 spiro atoms. The van der Waals surface area contributed by atoms with Crippen molar-refractivity contribution >= 4 is 0 Å². The van der Waals surface area contributed by atoms with E-state index < -0.39 is 0 Å². The standard InChI is InChI=1S/C18H24N2O/c1-4-5-12-20-17(15-8-6-14(2)7-9-15)11-10-16(13-19-3)18(20)21/h6-11,19H,4-5,12-13H2,1-3H3. The lowest BCUT2D eigenvalue weighted by Crippen LogP contribution is -2.27.